The van der Waals surface area contributed by atoms with Crippen LogP contribution in [0.25, 0.3) is 0 Å². The summed E-state index contributed by atoms with van der Waals surface area (Å²) >= 11 is 0. The van der Waals surface area contributed by atoms with Crippen LogP contribution in [0.3, 0.4) is 0 Å². The second kappa shape index (κ2) is 7.92. The van der Waals surface area contributed by atoms with Gasteiger partial charge in [0.05, 0.1) is 7.11 Å². The molecule has 0 N–H and O–H groups in total. The standard InChI is InChI=1S/C20H24N2O3/c1-16-14-21(17-8-4-3-5-9-17)12-13-22(16)20(23)15-25-19-11-7-6-10-18(19)24-2/h3-11,16H,12-15H2,1-2H3. The summed E-state index contributed by atoms with van der Waals surface area (Å²) in [5.41, 5.74) is 1.20. The van der Waals surface area contributed by atoms with Crippen LogP contribution >= 0.6 is 0 Å². The fourth-order valence-corrected chi connectivity index (χ4v) is 3.16. The van der Waals surface area contributed by atoms with Gasteiger partial charge in [-0.25, -0.2) is 0 Å². The SMILES string of the molecule is COc1ccccc1OCC(=O)N1CCN(c2ccccc2)CC1C. The molecule has 1 fully saturated rings. The van der Waals surface area contributed by atoms with Gasteiger partial charge >= 0.3 is 0 Å². The molecule has 25 heavy (non-hydrogen) atoms. The number of anilines is 1. The van der Waals surface area contributed by atoms with Crippen molar-refractivity contribution in [2.75, 3.05) is 38.3 Å². The molecule has 0 saturated carbocycles. The Morgan fingerprint density at radius 2 is 1.72 bits per heavy atom. The Balaban J connectivity index is 1.57. The Morgan fingerprint density at radius 3 is 2.40 bits per heavy atom. The zero-order valence-electron chi connectivity index (χ0n) is 14.7. The fraction of sp³-hybridized carbons (Fsp3) is 0.350. The molecular formula is C20H24N2O3. The van der Waals surface area contributed by atoms with Gasteiger partial charge in [0.25, 0.3) is 5.91 Å². The van der Waals surface area contributed by atoms with Gasteiger partial charge in [0.2, 0.25) is 0 Å². The molecule has 0 radical (unpaired) electrons. The minimum absolute atomic E-state index is 0.00566. The van der Waals surface area contributed by atoms with Gasteiger partial charge in [0, 0.05) is 31.4 Å². The molecule has 0 aliphatic carbocycles. The van der Waals surface area contributed by atoms with Gasteiger partial charge in [-0.1, -0.05) is 30.3 Å². The molecule has 1 heterocycles. The largest absolute Gasteiger partial charge is 0.493 e. The number of carbonyl (C=O) groups excluding carboxylic acids is 1. The third kappa shape index (κ3) is 4.05. The van der Waals surface area contributed by atoms with Crippen molar-refractivity contribution in [2.24, 2.45) is 0 Å². The zero-order chi connectivity index (χ0) is 17.6. The van der Waals surface area contributed by atoms with E-state index < -0.39 is 0 Å². The molecule has 1 saturated heterocycles. The van der Waals surface area contributed by atoms with E-state index in [0.29, 0.717) is 18.0 Å². The predicted octanol–water partition coefficient (Wildman–Crippen LogP) is 2.81. The van der Waals surface area contributed by atoms with E-state index in [4.69, 9.17) is 9.47 Å². The fourth-order valence-electron chi connectivity index (χ4n) is 3.16. The summed E-state index contributed by atoms with van der Waals surface area (Å²) in [7, 11) is 1.59. The molecule has 2 aromatic rings. The lowest BCUT2D eigenvalue weighted by Crippen LogP contribution is -2.55. The van der Waals surface area contributed by atoms with Crippen LogP contribution in [0.1, 0.15) is 6.92 Å². The number of hydrogen-bond acceptors (Lipinski definition) is 4. The van der Waals surface area contributed by atoms with Crippen LogP contribution in [0, 0.1) is 0 Å². The summed E-state index contributed by atoms with van der Waals surface area (Å²) in [6.07, 6.45) is 0. The van der Waals surface area contributed by atoms with Crippen LogP contribution in [0.2, 0.25) is 0 Å². The number of para-hydroxylation sites is 3. The van der Waals surface area contributed by atoms with E-state index in [1.165, 1.54) is 5.69 Å². The number of piperazine rings is 1. The summed E-state index contributed by atoms with van der Waals surface area (Å²) in [6.45, 7) is 4.45. The first kappa shape index (κ1) is 17.1. The number of benzene rings is 2. The van der Waals surface area contributed by atoms with E-state index >= 15 is 0 Å². The van der Waals surface area contributed by atoms with Gasteiger partial charge in [-0.2, -0.15) is 0 Å². The molecule has 1 atom stereocenters. The van der Waals surface area contributed by atoms with Crippen molar-refractivity contribution in [1.29, 1.82) is 0 Å². The van der Waals surface area contributed by atoms with E-state index in [1.807, 2.05) is 47.4 Å². The normalized spacial score (nSPS) is 17.3. The third-order valence-electron chi connectivity index (χ3n) is 4.49. The zero-order valence-corrected chi connectivity index (χ0v) is 14.7. The van der Waals surface area contributed by atoms with Crippen LogP contribution in [0.4, 0.5) is 5.69 Å². The van der Waals surface area contributed by atoms with Crippen molar-refractivity contribution in [2.45, 2.75) is 13.0 Å². The number of methoxy groups -OCH3 is 1. The average molecular weight is 340 g/mol. The highest BCUT2D eigenvalue weighted by molar-refractivity contribution is 5.78. The second-order valence-corrected chi connectivity index (χ2v) is 6.16. The first-order valence-corrected chi connectivity index (χ1v) is 8.54. The van der Waals surface area contributed by atoms with Crippen molar-refractivity contribution in [1.82, 2.24) is 4.90 Å². The predicted molar refractivity (Wildman–Crippen MR) is 98.3 cm³/mol. The summed E-state index contributed by atoms with van der Waals surface area (Å²) in [5, 5.41) is 0. The quantitative estimate of drug-likeness (QED) is 0.839. The summed E-state index contributed by atoms with van der Waals surface area (Å²) in [5.74, 6) is 1.23. The van der Waals surface area contributed by atoms with Crippen LogP contribution in [0.5, 0.6) is 11.5 Å². The summed E-state index contributed by atoms with van der Waals surface area (Å²) < 4.78 is 10.9. The average Bonchev–Trinajstić information content (AvgIpc) is 2.67. The lowest BCUT2D eigenvalue weighted by atomic mass is 10.1. The molecule has 3 rings (SSSR count). The first-order chi connectivity index (χ1) is 12.2. The molecule has 1 aliphatic rings. The number of rotatable bonds is 5. The molecule has 1 amide bonds. The van der Waals surface area contributed by atoms with Crippen LogP contribution in [-0.4, -0.2) is 50.2 Å². The highest BCUT2D eigenvalue weighted by atomic mass is 16.5. The van der Waals surface area contributed by atoms with E-state index in [1.54, 1.807) is 7.11 Å². The highest BCUT2D eigenvalue weighted by Crippen LogP contribution is 2.26. The van der Waals surface area contributed by atoms with Crippen LogP contribution in [0.15, 0.2) is 54.6 Å². The molecule has 0 aromatic heterocycles. The van der Waals surface area contributed by atoms with E-state index in [0.717, 1.165) is 13.1 Å². The molecule has 1 aliphatic heterocycles. The maximum absolute atomic E-state index is 12.6. The molecule has 5 nitrogen and oxygen atoms in total. The first-order valence-electron chi connectivity index (χ1n) is 8.54. The number of amides is 1. The maximum atomic E-state index is 12.6. The van der Waals surface area contributed by atoms with Crippen LogP contribution < -0.4 is 14.4 Å². The van der Waals surface area contributed by atoms with Crippen molar-refractivity contribution < 1.29 is 14.3 Å². The third-order valence-corrected chi connectivity index (χ3v) is 4.49. The highest BCUT2D eigenvalue weighted by Gasteiger charge is 2.27. The minimum atomic E-state index is 0.00566. The molecule has 132 valence electrons. The van der Waals surface area contributed by atoms with Crippen molar-refractivity contribution in [3.8, 4) is 11.5 Å². The van der Waals surface area contributed by atoms with Crippen molar-refractivity contribution in [3.05, 3.63) is 54.6 Å². The Morgan fingerprint density at radius 1 is 1.04 bits per heavy atom. The number of hydrogen-bond donors (Lipinski definition) is 0. The minimum Gasteiger partial charge on any atom is -0.493 e. The molecular weight excluding hydrogens is 316 g/mol. The summed E-state index contributed by atoms with van der Waals surface area (Å²) in [6, 6.07) is 17.8. The molecule has 1 unspecified atom stereocenters. The summed E-state index contributed by atoms with van der Waals surface area (Å²) in [4.78, 5) is 16.8. The van der Waals surface area contributed by atoms with Gasteiger partial charge in [0.15, 0.2) is 18.1 Å². The number of ether oxygens (including phenoxy) is 2. The lowest BCUT2D eigenvalue weighted by Gasteiger charge is -2.41. The van der Waals surface area contributed by atoms with Crippen molar-refractivity contribution >= 4 is 11.6 Å². The topological polar surface area (TPSA) is 42.0 Å². The van der Waals surface area contributed by atoms with Gasteiger partial charge < -0.3 is 19.3 Å². The van der Waals surface area contributed by atoms with Gasteiger partial charge in [-0.05, 0) is 31.2 Å². The Labute approximate surface area is 148 Å². The molecule has 2 aromatic carbocycles. The van der Waals surface area contributed by atoms with E-state index in [2.05, 4.69) is 24.0 Å². The lowest BCUT2D eigenvalue weighted by molar-refractivity contribution is -0.135. The Bertz CT molecular complexity index is 705. The van der Waals surface area contributed by atoms with Gasteiger partial charge in [-0.3, -0.25) is 4.79 Å². The monoisotopic (exact) mass is 340 g/mol. The maximum Gasteiger partial charge on any atom is 0.260 e. The Hall–Kier alpha value is -2.69. The van der Waals surface area contributed by atoms with Crippen LogP contribution in [-0.2, 0) is 4.79 Å². The molecule has 0 spiro atoms. The van der Waals surface area contributed by atoms with E-state index in [-0.39, 0.29) is 18.6 Å². The van der Waals surface area contributed by atoms with Gasteiger partial charge in [0.1, 0.15) is 0 Å². The van der Waals surface area contributed by atoms with Crippen molar-refractivity contribution in [3.63, 3.8) is 0 Å². The number of carbonyl (C=O) groups is 1. The van der Waals surface area contributed by atoms with Gasteiger partial charge in [-0.15, -0.1) is 0 Å². The number of nitrogens with zero attached hydrogens (tertiary/aromatic N) is 2. The molecule has 0 bridgehead atoms. The molecule has 5 heteroatoms. The van der Waals surface area contributed by atoms with E-state index in [9.17, 15) is 4.79 Å². The Kier molecular flexibility index (Phi) is 5.43. The second-order valence-electron chi connectivity index (χ2n) is 6.16. The smallest absolute Gasteiger partial charge is 0.260 e.